The zero-order valence-electron chi connectivity index (χ0n) is 19.5. The van der Waals surface area contributed by atoms with Gasteiger partial charge in [0.05, 0.1) is 15.8 Å². The lowest BCUT2D eigenvalue weighted by molar-refractivity contribution is -0.112. The van der Waals surface area contributed by atoms with E-state index in [1.54, 1.807) is 48.5 Å². The van der Waals surface area contributed by atoms with Gasteiger partial charge in [0.15, 0.2) is 6.10 Å². The van der Waals surface area contributed by atoms with Gasteiger partial charge in [-0.15, -0.1) is 0 Å². The number of nitrogens with one attached hydrogen (secondary N) is 2. The number of benzene rings is 3. The van der Waals surface area contributed by atoms with Crippen molar-refractivity contribution in [3.8, 4) is 5.75 Å². The van der Waals surface area contributed by atoms with E-state index in [1.165, 1.54) is 37.5 Å². The Bertz CT molecular complexity index is 1320. The number of ether oxygens (including phenoxy) is 2. The van der Waals surface area contributed by atoms with Gasteiger partial charge in [-0.2, -0.15) is 0 Å². The first kappa shape index (κ1) is 27.9. The Balaban J connectivity index is 1.86. The van der Waals surface area contributed by atoms with Gasteiger partial charge >= 0.3 is 6.09 Å². The Morgan fingerprint density at radius 1 is 1.03 bits per heavy atom. The zero-order valence-corrected chi connectivity index (χ0v) is 22.7. The number of hydrogen-bond donors (Lipinski definition) is 4. The van der Waals surface area contributed by atoms with E-state index in [0.717, 1.165) is 0 Å². The van der Waals surface area contributed by atoms with Gasteiger partial charge in [-0.1, -0.05) is 46.3 Å². The van der Waals surface area contributed by atoms with Crippen LogP contribution < -0.4 is 16.4 Å². The number of anilines is 2. The first-order chi connectivity index (χ1) is 17.7. The standard InChI is InChI=1S/C26H23Br2N3O6/c1-36-21(11-12-22(32)30-20-10-6-5-9-19(20)29)24(17-13-16(27)14-18(28)23(17)33)37-26(35)31-25(34)15-7-3-2-4-8-15/h2-14,21,24,33H,29H2,1H3,(H,30,32)(H,31,34,35)/b12-11+/t21-,24-/m0/s1. The minimum atomic E-state index is -1.26. The fraction of sp³-hybridized carbons (Fsp3) is 0.115. The van der Waals surface area contributed by atoms with Crippen LogP contribution in [0.3, 0.4) is 0 Å². The molecular weight excluding hydrogens is 610 g/mol. The van der Waals surface area contributed by atoms with E-state index in [-0.39, 0.29) is 16.9 Å². The van der Waals surface area contributed by atoms with Crippen LogP contribution in [0.1, 0.15) is 22.0 Å². The van der Waals surface area contributed by atoms with Crippen molar-refractivity contribution in [1.29, 1.82) is 0 Å². The van der Waals surface area contributed by atoms with E-state index in [1.807, 2.05) is 0 Å². The number of imide groups is 1. The molecule has 0 unspecified atom stereocenters. The molecule has 0 saturated carbocycles. The zero-order chi connectivity index (χ0) is 26.9. The Kier molecular flexibility index (Phi) is 9.84. The molecule has 0 saturated heterocycles. The van der Waals surface area contributed by atoms with Crippen LogP contribution in [0.4, 0.5) is 16.2 Å². The van der Waals surface area contributed by atoms with Crippen molar-refractivity contribution >= 4 is 61.1 Å². The van der Waals surface area contributed by atoms with Gasteiger partial charge in [-0.05, 0) is 58.4 Å². The lowest BCUT2D eigenvalue weighted by atomic mass is 10.0. The van der Waals surface area contributed by atoms with Crippen LogP contribution in [0.15, 0.2) is 87.8 Å². The number of amides is 3. The summed E-state index contributed by atoms with van der Waals surface area (Å²) in [7, 11) is 1.34. The third kappa shape index (κ3) is 7.66. The summed E-state index contributed by atoms with van der Waals surface area (Å²) in [4.78, 5) is 37.6. The number of para-hydroxylation sites is 2. The van der Waals surface area contributed by atoms with Crippen LogP contribution in [0, 0.1) is 0 Å². The number of methoxy groups -OCH3 is 1. The van der Waals surface area contributed by atoms with Crippen molar-refractivity contribution in [2.45, 2.75) is 12.2 Å². The van der Waals surface area contributed by atoms with Crippen LogP contribution in [0.2, 0.25) is 0 Å². The molecular formula is C26H23Br2N3O6. The number of rotatable bonds is 8. The number of aromatic hydroxyl groups is 1. The summed E-state index contributed by atoms with van der Waals surface area (Å²) >= 11 is 6.60. The summed E-state index contributed by atoms with van der Waals surface area (Å²) in [5.41, 5.74) is 7.09. The van der Waals surface area contributed by atoms with Gasteiger partial charge in [0.1, 0.15) is 11.9 Å². The Morgan fingerprint density at radius 2 is 1.70 bits per heavy atom. The maximum Gasteiger partial charge on any atom is 0.414 e. The molecule has 37 heavy (non-hydrogen) atoms. The van der Waals surface area contributed by atoms with Gasteiger partial charge in [-0.25, -0.2) is 4.79 Å². The Labute approximate surface area is 229 Å². The van der Waals surface area contributed by atoms with Crippen molar-refractivity contribution in [3.63, 3.8) is 0 Å². The Morgan fingerprint density at radius 3 is 2.38 bits per heavy atom. The first-order valence-corrected chi connectivity index (χ1v) is 12.4. The van der Waals surface area contributed by atoms with Crippen LogP contribution in [0.5, 0.6) is 5.75 Å². The van der Waals surface area contributed by atoms with Crippen LogP contribution in [-0.2, 0) is 14.3 Å². The van der Waals surface area contributed by atoms with Crippen molar-refractivity contribution in [2.75, 3.05) is 18.2 Å². The number of halogens is 2. The number of carbonyl (C=O) groups is 3. The second kappa shape index (κ2) is 13.0. The Hall–Kier alpha value is -3.67. The molecule has 0 heterocycles. The highest BCUT2D eigenvalue weighted by Crippen LogP contribution is 2.39. The predicted molar refractivity (Wildman–Crippen MR) is 146 cm³/mol. The summed E-state index contributed by atoms with van der Waals surface area (Å²) in [5.74, 6) is -1.40. The van der Waals surface area contributed by atoms with E-state index >= 15 is 0 Å². The number of hydrogen-bond acceptors (Lipinski definition) is 7. The number of carbonyl (C=O) groups excluding carboxylic acids is 3. The van der Waals surface area contributed by atoms with Gasteiger partial charge in [0, 0.05) is 28.8 Å². The molecule has 0 aliphatic heterocycles. The van der Waals surface area contributed by atoms with E-state index in [2.05, 4.69) is 42.5 Å². The summed E-state index contributed by atoms with van der Waals surface area (Å²) in [5, 5.41) is 15.5. The molecule has 0 radical (unpaired) electrons. The van der Waals surface area contributed by atoms with Gasteiger partial charge in [0.25, 0.3) is 5.91 Å². The van der Waals surface area contributed by atoms with Crippen LogP contribution in [-0.4, -0.2) is 36.2 Å². The summed E-state index contributed by atoms with van der Waals surface area (Å²) < 4.78 is 11.9. The maximum absolute atomic E-state index is 12.7. The summed E-state index contributed by atoms with van der Waals surface area (Å²) in [6.07, 6.45) is -0.823. The molecule has 3 aromatic carbocycles. The minimum absolute atomic E-state index is 0.160. The van der Waals surface area contributed by atoms with Gasteiger partial charge in [-0.3, -0.25) is 14.9 Å². The molecule has 5 N–H and O–H groups in total. The molecule has 3 amide bonds. The lowest BCUT2D eigenvalue weighted by Crippen LogP contribution is -2.35. The average Bonchev–Trinajstić information content (AvgIpc) is 2.87. The van der Waals surface area contributed by atoms with E-state index in [9.17, 15) is 19.5 Å². The topological polar surface area (TPSA) is 140 Å². The second-order valence-corrected chi connectivity index (χ2v) is 9.38. The maximum atomic E-state index is 12.7. The third-order valence-corrected chi connectivity index (χ3v) is 6.14. The van der Waals surface area contributed by atoms with E-state index in [4.69, 9.17) is 15.2 Å². The van der Waals surface area contributed by atoms with E-state index < -0.39 is 30.1 Å². The van der Waals surface area contributed by atoms with Crippen LogP contribution in [0.25, 0.3) is 0 Å². The number of phenolic OH excluding ortho intramolecular Hbond substituents is 1. The van der Waals surface area contributed by atoms with Gasteiger partial charge in [0.2, 0.25) is 5.91 Å². The minimum Gasteiger partial charge on any atom is -0.506 e. The molecule has 9 nitrogen and oxygen atoms in total. The third-order valence-electron chi connectivity index (χ3n) is 5.08. The van der Waals surface area contributed by atoms with Gasteiger partial charge < -0.3 is 25.6 Å². The molecule has 3 rings (SSSR count). The molecule has 0 bridgehead atoms. The molecule has 0 fully saturated rings. The number of nitrogen functional groups attached to an aromatic ring is 1. The number of phenols is 1. The SMILES string of the molecule is CO[C@@H](/C=C/C(=O)Nc1ccccc1N)[C@@H](OC(=O)NC(=O)c1ccccc1)c1cc(Br)cc(Br)c1O. The molecule has 11 heteroatoms. The molecule has 3 aromatic rings. The number of nitrogens with two attached hydrogens (primary N) is 1. The summed E-state index contributed by atoms with van der Waals surface area (Å²) in [6, 6.07) is 18.0. The smallest absolute Gasteiger partial charge is 0.414 e. The summed E-state index contributed by atoms with van der Waals surface area (Å²) in [6.45, 7) is 0. The fourth-order valence-electron chi connectivity index (χ4n) is 3.28. The quantitative estimate of drug-likeness (QED) is 0.195. The van der Waals surface area contributed by atoms with Crippen molar-refractivity contribution in [3.05, 3.63) is 99.0 Å². The first-order valence-electron chi connectivity index (χ1n) is 10.8. The molecule has 2 atom stereocenters. The van der Waals surface area contributed by atoms with E-state index in [0.29, 0.717) is 20.3 Å². The van der Waals surface area contributed by atoms with Crippen LogP contribution >= 0.6 is 31.9 Å². The second-order valence-electron chi connectivity index (χ2n) is 7.61. The lowest BCUT2D eigenvalue weighted by Gasteiger charge is -2.25. The molecule has 0 aromatic heterocycles. The average molecular weight is 633 g/mol. The molecule has 0 spiro atoms. The molecule has 192 valence electrons. The molecule has 0 aliphatic carbocycles. The largest absolute Gasteiger partial charge is 0.506 e. The van der Waals surface area contributed by atoms with Crippen molar-refractivity contribution in [1.82, 2.24) is 5.32 Å². The highest BCUT2D eigenvalue weighted by atomic mass is 79.9. The monoisotopic (exact) mass is 631 g/mol. The predicted octanol–water partition coefficient (Wildman–Crippen LogP) is 5.32. The fourth-order valence-corrected chi connectivity index (χ4v) is 4.54. The number of alkyl carbamates (subject to hydrolysis) is 1. The van der Waals surface area contributed by atoms with Crippen molar-refractivity contribution in [2.24, 2.45) is 0 Å². The normalized spacial score (nSPS) is 12.5. The highest BCUT2D eigenvalue weighted by Gasteiger charge is 2.30. The highest BCUT2D eigenvalue weighted by molar-refractivity contribution is 9.11. The van der Waals surface area contributed by atoms with Crippen molar-refractivity contribution < 1.29 is 29.0 Å². The molecule has 0 aliphatic rings.